The van der Waals surface area contributed by atoms with Crippen LogP contribution in [0.2, 0.25) is 0 Å². The van der Waals surface area contributed by atoms with E-state index in [0.717, 1.165) is 15.0 Å². The molecule has 7 nitrogen and oxygen atoms in total. The van der Waals surface area contributed by atoms with Crippen LogP contribution in [-0.2, 0) is 15.8 Å². The van der Waals surface area contributed by atoms with Crippen molar-refractivity contribution in [3.63, 3.8) is 0 Å². The van der Waals surface area contributed by atoms with E-state index in [1.165, 1.54) is 17.8 Å². The van der Waals surface area contributed by atoms with E-state index in [1.54, 1.807) is 37.3 Å². The van der Waals surface area contributed by atoms with Crippen LogP contribution < -0.4 is 10.3 Å². The maximum Gasteiger partial charge on any atom is 0.287 e. The van der Waals surface area contributed by atoms with Crippen molar-refractivity contribution in [2.75, 3.05) is 4.72 Å². The first-order chi connectivity index (χ1) is 15.2. The molecule has 2 aromatic heterocycles. The number of thioether (sulfide) groups is 1. The summed E-state index contributed by atoms with van der Waals surface area (Å²) in [7, 11) is -3.74. The van der Waals surface area contributed by atoms with E-state index in [-0.39, 0.29) is 10.5 Å². The van der Waals surface area contributed by atoms with Gasteiger partial charge in [0.1, 0.15) is 5.76 Å². The van der Waals surface area contributed by atoms with Crippen LogP contribution in [0.15, 0.2) is 79.8 Å². The molecule has 0 aliphatic rings. The smallest absolute Gasteiger partial charge is 0.287 e. The molecule has 0 saturated heterocycles. The van der Waals surface area contributed by atoms with Crippen LogP contribution in [0.3, 0.4) is 0 Å². The van der Waals surface area contributed by atoms with E-state index in [0.29, 0.717) is 34.5 Å². The fraction of sp³-hybridized carbons (Fsp3) is 0.217. The normalized spacial score (nSPS) is 11.9. The molecule has 4 rings (SSSR count). The Morgan fingerprint density at radius 1 is 1.09 bits per heavy atom. The third-order valence-electron chi connectivity index (χ3n) is 4.89. The molecular weight excluding hydrogens is 446 g/mol. The molecule has 166 valence electrons. The zero-order chi connectivity index (χ0) is 22.9. The highest BCUT2D eigenvalue weighted by Gasteiger charge is 2.17. The predicted molar refractivity (Wildman–Crippen MR) is 126 cm³/mol. The van der Waals surface area contributed by atoms with Gasteiger partial charge in [0.15, 0.2) is 5.65 Å². The van der Waals surface area contributed by atoms with Crippen LogP contribution in [0.25, 0.3) is 5.65 Å². The molecule has 0 radical (unpaired) electrons. The Kier molecular flexibility index (Phi) is 6.12. The summed E-state index contributed by atoms with van der Waals surface area (Å²) in [6.45, 7) is 5.87. The Morgan fingerprint density at radius 2 is 1.81 bits per heavy atom. The molecule has 2 aromatic carbocycles. The average Bonchev–Trinajstić information content (AvgIpc) is 3.14. The van der Waals surface area contributed by atoms with Gasteiger partial charge in [-0.3, -0.25) is 9.52 Å². The van der Waals surface area contributed by atoms with Crippen molar-refractivity contribution in [3.05, 3.63) is 88.0 Å². The summed E-state index contributed by atoms with van der Waals surface area (Å²) in [6, 6.07) is 17.2. The van der Waals surface area contributed by atoms with Crippen LogP contribution >= 0.6 is 11.8 Å². The number of benzene rings is 2. The van der Waals surface area contributed by atoms with Crippen molar-refractivity contribution in [2.24, 2.45) is 0 Å². The number of fused-ring (bicyclic) bond motifs is 1. The fourth-order valence-corrected chi connectivity index (χ4v) is 5.26. The fourth-order valence-electron chi connectivity index (χ4n) is 3.21. The lowest BCUT2D eigenvalue weighted by Gasteiger charge is -2.13. The molecule has 0 saturated carbocycles. The third kappa shape index (κ3) is 4.73. The van der Waals surface area contributed by atoms with E-state index in [2.05, 4.69) is 23.6 Å². The van der Waals surface area contributed by atoms with Crippen molar-refractivity contribution in [3.8, 4) is 0 Å². The van der Waals surface area contributed by atoms with Gasteiger partial charge in [0.25, 0.3) is 15.6 Å². The molecule has 2 heterocycles. The number of anilines is 1. The number of aromatic nitrogens is 2. The second kappa shape index (κ2) is 8.84. The number of nitrogens with one attached hydrogen (secondary N) is 1. The number of hydrogen-bond donors (Lipinski definition) is 1. The lowest BCUT2D eigenvalue weighted by molar-refractivity contribution is 0.344. The van der Waals surface area contributed by atoms with Crippen LogP contribution in [0, 0.1) is 6.92 Å². The van der Waals surface area contributed by atoms with Gasteiger partial charge < -0.3 is 4.52 Å². The van der Waals surface area contributed by atoms with Gasteiger partial charge in [-0.15, -0.1) is 16.3 Å². The minimum absolute atomic E-state index is 0.206. The highest BCUT2D eigenvalue weighted by molar-refractivity contribution is 7.98. The van der Waals surface area contributed by atoms with E-state index < -0.39 is 10.0 Å². The van der Waals surface area contributed by atoms with Crippen molar-refractivity contribution >= 4 is 33.1 Å². The summed E-state index contributed by atoms with van der Waals surface area (Å²) in [5, 5.41) is 0. The lowest BCUT2D eigenvalue weighted by Crippen LogP contribution is -2.14. The van der Waals surface area contributed by atoms with Gasteiger partial charge in [-0.1, -0.05) is 38.1 Å². The van der Waals surface area contributed by atoms with Crippen LogP contribution in [0.5, 0.6) is 0 Å². The number of hydrogen-bond acceptors (Lipinski definition) is 6. The van der Waals surface area contributed by atoms with Gasteiger partial charge in [-0.25, -0.2) is 13.4 Å². The number of sulfonamides is 1. The lowest BCUT2D eigenvalue weighted by atomic mass is 10.0. The average molecular weight is 470 g/mol. The van der Waals surface area contributed by atoms with E-state index in [9.17, 15) is 13.2 Å². The molecular formula is C23H23N3O4S2. The van der Waals surface area contributed by atoms with E-state index in [1.807, 2.05) is 24.3 Å². The molecule has 0 fully saturated rings. The third-order valence-corrected chi connectivity index (χ3v) is 7.38. The SMILES string of the molecule is Cc1cc2nc(CSc3ccccc3NS(=O)(=O)c3ccc(C(C)C)cc3)cc(=O)n2o1. The van der Waals surface area contributed by atoms with Crippen molar-refractivity contribution in [1.29, 1.82) is 0 Å². The number of para-hydroxylation sites is 1. The molecule has 0 bridgehead atoms. The molecule has 0 spiro atoms. The second-order valence-corrected chi connectivity index (χ2v) is 10.4. The predicted octanol–water partition coefficient (Wildman–Crippen LogP) is 4.81. The van der Waals surface area contributed by atoms with Gasteiger partial charge in [-0.2, -0.15) is 0 Å². The van der Waals surface area contributed by atoms with Crippen molar-refractivity contribution < 1.29 is 12.9 Å². The summed E-state index contributed by atoms with van der Waals surface area (Å²) >= 11 is 1.40. The Labute approximate surface area is 190 Å². The summed E-state index contributed by atoms with van der Waals surface area (Å²) in [5.74, 6) is 1.32. The summed E-state index contributed by atoms with van der Waals surface area (Å²) in [4.78, 5) is 17.6. The van der Waals surface area contributed by atoms with Crippen molar-refractivity contribution in [1.82, 2.24) is 9.56 Å². The first kappa shape index (κ1) is 22.2. The zero-order valence-electron chi connectivity index (χ0n) is 17.9. The Bertz CT molecular complexity index is 1420. The largest absolute Gasteiger partial charge is 0.375 e. The number of nitrogens with zero attached hydrogens (tertiary/aromatic N) is 2. The number of rotatable bonds is 7. The highest BCUT2D eigenvalue weighted by Crippen LogP contribution is 2.31. The molecule has 4 aromatic rings. The molecule has 0 amide bonds. The van der Waals surface area contributed by atoms with Crippen LogP contribution in [-0.4, -0.2) is 18.0 Å². The van der Waals surface area contributed by atoms with E-state index in [4.69, 9.17) is 4.52 Å². The Morgan fingerprint density at radius 3 is 2.53 bits per heavy atom. The maximum atomic E-state index is 12.9. The Balaban J connectivity index is 1.54. The molecule has 0 aliphatic heterocycles. The molecule has 0 atom stereocenters. The minimum atomic E-state index is -3.74. The molecule has 32 heavy (non-hydrogen) atoms. The maximum absolute atomic E-state index is 12.9. The molecule has 9 heteroatoms. The number of aryl methyl sites for hydroxylation is 1. The van der Waals surface area contributed by atoms with Gasteiger partial charge in [0.2, 0.25) is 0 Å². The minimum Gasteiger partial charge on any atom is -0.375 e. The standard InChI is InChI=1S/C23H23N3O4S2/c1-15(2)17-8-10-19(11-9-17)32(28,29)25-20-6-4-5-7-21(20)31-14-18-13-23(27)26-22(24-18)12-16(3)30-26/h4-13,15,25H,14H2,1-3H3. The van der Waals surface area contributed by atoms with Crippen LogP contribution in [0.4, 0.5) is 5.69 Å². The van der Waals surface area contributed by atoms with E-state index >= 15 is 0 Å². The molecule has 0 unspecified atom stereocenters. The Hall–Kier alpha value is -3.04. The molecule has 1 N–H and O–H groups in total. The monoisotopic (exact) mass is 469 g/mol. The zero-order valence-corrected chi connectivity index (χ0v) is 19.5. The van der Waals surface area contributed by atoms with Gasteiger partial charge in [0.05, 0.1) is 16.3 Å². The first-order valence-electron chi connectivity index (χ1n) is 10.1. The summed E-state index contributed by atoms with van der Waals surface area (Å²) in [5.41, 5.74) is 2.29. The van der Waals surface area contributed by atoms with Crippen LogP contribution in [0.1, 0.15) is 36.8 Å². The highest BCUT2D eigenvalue weighted by atomic mass is 32.2. The van der Waals surface area contributed by atoms with Gasteiger partial charge >= 0.3 is 0 Å². The molecule has 0 aliphatic carbocycles. The second-order valence-electron chi connectivity index (χ2n) is 7.70. The summed E-state index contributed by atoms with van der Waals surface area (Å²) in [6.07, 6.45) is 0. The van der Waals surface area contributed by atoms with Crippen molar-refractivity contribution in [2.45, 2.75) is 42.2 Å². The topological polar surface area (TPSA) is 93.7 Å². The van der Waals surface area contributed by atoms with Gasteiger partial charge in [0, 0.05) is 22.8 Å². The first-order valence-corrected chi connectivity index (χ1v) is 12.5. The van der Waals surface area contributed by atoms with Gasteiger partial charge in [-0.05, 0) is 42.7 Å². The quantitative estimate of drug-likeness (QED) is 0.390. The summed E-state index contributed by atoms with van der Waals surface area (Å²) < 4.78 is 35.0.